The van der Waals surface area contributed by atoms with E-state index in [1.165, 1.54) is 16.8 Å². The molecule has 1 aromatic carbocycles. The molecule has 4 rings (SSSR count). The highest BCUT2D eigenvalue weighted by molar-refractivity contribution is 7.13. The molecule has 1 aliphatic rings. The van der Waals surface area contributed by atoms with E-state index in [1.807, 2.05) is 0 Å². The molecule has 3 aromatic rings. The summed E-state index contributed by atoms with van der Waals surface area (Å²) in [7, 11) is 2.18. The highest BCUT2D eigenvalue weighted by Crippen LogP contribution is 2.27. The second-order valence-corrected chi connectivity index (χ2v) is 7.62. The fraction of sp³-hybridized carbons (Fsp3) is 0.368. The molecule has 136 valence electrons. The van der Waals surface area contributed by atoms with Gasteiger partial charge in [-0.05, 0) is 48.7 Å². The molecule has 0 radical (unpaired) electrons. The van der Waals surface area contributed by atoms with Gasteiger partial charge >= 0.3 is 6.01 Å². The average molecular weight is 369 g/mol. The first-order valence-corrected chi connectivity index (χ1v) is 9.71. The summed E-state index contributed by atoms with van der Waals surface area (Å²) >= 11 is 1.61. The first kappa shape index (κ1) is 17.1. The van der Waals surface area contributed by atoms with Crippen LogP contribution in [0.25, 0.3) is 10.8 Å². The van der Waals surface area contributed by atoms with E-state index >= 15 is 0 Å². The molecule has 1 N–H and O–H groups in total. The number of likely N-dealkylation sites (N-methyl/N-ethyl adjacent to an activating group) is 1. The van der Waals surface area contributed by atoms with E-state index in [2.05, 4.69) is 75.0 Å². The molecule has 0 unspecified atom stereocenters. The Morgan fingerprint density at radius 2 is 1.88 bits per heavy atom. The third-order valence-electron chi connectivity index (χ3n) is 4.61. The number of hydrogen-bond acceptors (Lipinski definition) is 7. The lowest BCUT2D eigenvalue weighted by Crippen LogP contribution is -2.44. The van der Waals surface area contributed by atoms with Crippen molar-refractivity contribution in [3.8, 4) is 10.8 Å². The largest absolute Gasteiger partial charge is 0.403 e. The van der Waals surface area contributed by atoms with Gasteiger partial charge < -0.3 is 19.5 Å². The van der Waals surface area contributed by atoms with E-state index in [9.17, 15) is 0 Å². The zero-order chi connectivity index (χ0) is 17.9. The van der Waals surface area contributed by atoms with Crippen LogP contribution in [-0.4, -0.2) is 48.3 Å². The Kier molecular flexibility index (Phi) is 4.90. The van der Waals surface area contributed by atoms with Crippen molar-refractivity contribution >= 4 is 23.0 Å². The van der Waals surface area contributed by atoms with Crippen LogP contribution in [0, 0.1) is 6.92 Å². The number of nitrogens with zero attached hydrogens (tertiary/aromatic N) is 4. The van der Waals surface area contributed by atoms with E-state index in [0.29, 0.717) is 18.5 Å². The average Bonchev–Trinajstić information content (AvgIpc) is 3.30. The lowest BCUT2D eigenvalue weighted by Gasteiger charge is -2.34. The van der Waals surface area contributed by atoms with Crippen LogP contribution in [0.15, 0.2) is 40.1 Å². The van der Waals surface area contributed by atoms with E-state index in [1.54, 1.807) is 11.3 Å². The molecule has 0 saturated carbocycles. The number of rotatable bonds is 5. The predicted molar refractivity (Wildman–Crippen MR) is 106 cm³/mol. The number of anilines is 2. The van der Waals surface area contributed by atoms with Crippen LogP contribution in [0.1, 0.15) is 11.1 Å². The summed E-state index contributed by atoms with van der Waals surface area (Å²) in [6, 6.07) is 11.2. The molecule has 7 heteroatoms. The second-order valence-electron chi connectivity index (χ2n) is 6.71. The predicted octanol–water partition coefficient (Wildman–Crippen LogP) is 3.47. The van der Waals surface area contributed by atoms with Gasteiger partial charge in [-0.1, -0.05) is 17.2 Å². The summed E-state index contributed by atoms with van der Waals surface area (Å²) in [5.74, 6) is 0.566. The molecule has 1 fully saturated rings. The Morgan fingerprint density at radius 3 is 2.58 bits per heavy atom. The Hall–Kier alpha value is -2.38. The van der Waals surface area contributed by atoms with Crippen molar-refractivity contribution in [2.24, 2.45) is 0 Å². The van der Waals surface area contributed by atoms with Crippen molar-refractivity contribution in [2.75, 3.05) is 43.4 Å². The first-order chi connectivity index (χ1) is 12.7. The highest BCUT2D eigenvalue weighted by atomic mass is 32.1. The third kappa shape index (κ3) is 3.89. The molecule has 26 heavy (non-hydrogen) atoms. The minimum Gasteiger partial charge on any atom is -0.403 e. The summed E-state index contributed by atoms with van der Waals surface area (Å²) in [6.07, 6.45) is 0. The SMILES string of the molecule is Cc1csc(-c2nnc(NCc3ccc(N4CCN(C)CC4)cc3)o2)c1. The Bertz CT molecular complexity index is 849. The standard InChI is InChI=1S/C19H23N5OS/c1-14-11-17(26-13-14)18-21-22-19(25-18)20-12-15-3-5-16(6-4-15)24-9-7-23(2)8-10-24/h3-6,11,13H,7-10,12H2,1-2H3,(H,20,22). The fourth-order valence-electron chi connectivity index (χ4n) is 3.00. The molecular weight excluding hydrogens is 346 g/mol. The molecular formula is C19H23N5OS. The number of thiophene rings is 1. The molecule has 1 saturated heterocycles. The van der Waals surface area contributed by atoms with E-state index in [4.69, 9.17) is 4.42 Å². The number of hydrogen-bond donors (Lipinski definition) is 1. The van der Waals surface area contributed by atoms with Crippen LogP contribution in [0.5, 0.6) is 0 Å². The summed E-state index contributed by atoms with van der Waals surface area (Å²) in [6.45, 7) is 7.12. The Balaban J connectivity index is 1.34. The number of piperazine rings is 1. The Labute approximate surface area is 157 Å². The normalized spacial score (nSPS) is 15.4. The zero-order valence-electron chi connectivity index (χ0n) is 15.1. The van der Waals surface area contributed by atoms with E-state index in [0.717, 1.165) is 31.1 Å². The van der Waals surface area contributed by atoms with Gasteiger partial charge in [0.1, 0.15) is 0 Å². The van der Waals surface area contributed by atoms with Crippen LogP contribution in [0.2, 0.25) is 0 Å². The van der Waals surface area contributed by atoms with Gasteiger partial charge in [-0.15, -0.1) is 16.4 Å². The monoisotopic (exact) mass is 369 g/mol. The van der Waals surface area contributed by atoms with Gasteiger partial charge in [-0.2, -0.15) is 0 Å². The summed E-state index contributed by atoms with van der Waals surface area (Å²) < 4.78 is 5.70. The van der Waals surface area contributed by atoms with Crippen LogP contribution in [0.3, 0.4) is 0 Å². The van der Waals surface area contributed by atoms with Crippen LogP contribution in [0.4, 0.5) is 11.7 Å². The van der Waals surface area contributed by atoms with Crippen molar-refractivity contribution in [1.29, 1.82) is 0 Å². The van der Waals surface area contributed by atoms with Gasteiger partial charge in [0.2, 0.25) is 0 Å². The first-order valence-electron chi connectivity index (χ1n) is 8.83. The summed E-state index contributed by atoms with van der Waals surface area (Å²) in [4.78, 5) is 5.80. The molecule has 3 heterocycles. The summed E-state index contributed by atoms with van der Waals surface area (Å²) in [5.41, 5.74) is 3.68. The highest BCUT2D eigenvalue weighted by Gasteiger charge is 2.14. The fourth-order valence-corrected chi connectivity index (χ4v) is 3.82. The molecule has 2 aromatic heterocycles. The molecule has 1 aliphatic heterocycles. The van der Waals surface area contributed by atoms with Crippen molar-refractivity contribution in [1.82, 2.24) is 15.1 Å². The van der Waals surface area contributed by atoms with E-state index < -0.39 is 0 Å². The number of aryl methyl sites for hydroxylation is 1. The van der Waals surface area contributed by atoms with Crippen molar-refractivity contribution < 1.29 is 4.42 Å². The zero-order valence-corrected chi connectivity index (χ0v) is 15.9. The topological polar surface area (TPSA) is 57.4 Å². The minimum atomic E-state index is 0.453. The van der Waals surface area contributed by atoms with Gasteiger partial charge in [-0.3, -0.25) is 0 Å². The van der Waals surface area contributed by atoms with Crippen molar-refractivity contribution in [2.45, 2.75) is 13.5 Å². The van der Waals surface area contributed by atoms with Gasteiger partial charge in [0, 0.05) is 38.4 Å². The van der Waals surface area contributed by atoms with Crippen molar-refractivity contribution in [3.05, 3.63) is 46.8 Å². The number of nitrogens with one attached hydrogen (secondary N) is 1. The maximum atomic E-state index is 5.70. The molecule has 0 amide bonds. The van der Waals surface area contributed by atoms with Crippen LogP contribution < -0.4 is 10.2 Å². The van der Waals surface area contributed by atoms with E-state index in [-0.39, 0.29) is 0 Å². The maximum absolute atomic E-state index is 5.70. The number of benzene rings is 1. The van der Waals surface area contributed by atoms with Gasteiger partial charge in [-0.25, -0.2) is 0 Å². The second kappa shape index (κ2) is 7.47. The molecule has 6 nitrogen and oxygen atoms in total. The molecule has 0 spiro atoms. The minimum absolute atomic E-state index is 0.453. The molecule has 0 atom stereocenters. The molecule has 0 bridgehead atoms. The summed E-state index contributed by atoms with van der Waals surface area (Å²) in [5, 5.41) is 13.5. The van der Waals surface area contributed by atoms with Gasteiger partial charge in [0.05, 0.1) is 4.88 Å². The Morgan fingerprint density at radius 1 is 1.12 bits per heavy atom. The maximum Gasteiger partial charge on any atom is 0.316 e. The van der Waals surface area contributed by atoms with Crippen LogP contribution in [-0.2, 0) is 6.54 Å². The lowest BCUT2D eigenvalue weighted by atomic mass is 10.2. The number of aromatic nitrogens is 2. The third-order valence-corrected chi connectivity index (χ3v) is 5.65. The van der Waals surface area contributed by atoms with Crippen molar-refractivity contribution in [3.63, 3.8) is 0 Å². The van der Waals surface area contributed by atoms with Crippen LogP contribution >= 0.6 is 11.3 Å². The quantitative estimate of drug-likeness (QED) is 0.743. The van der Waals surface area contributed by atoms with Gasteiger partial charge in [0.15, 0.2) is 0 Å². The smallest absolute Gasteiger partial charge is 0.316 e. The van der Waals surface area contributed by atoms with Gasteiger partial charge in [0.25, 0.3) is 5.89 Å². The molecule has 0 aliphatic carbocycles. The lowest BCUT2D eigenvalue weighted by molar-refractivity contribution is 0.313.